The van der Waals surface area contributed by atoms with Crippen molar-refractivity contribution in [1.29, 1.82) is 0 Å². The summed E-state index contributed by atoms with van der Waals surface area (Å²) in [6.07, 6.45) is 6.68. The predicted octanol–water partition coefficient (Wildman–Crippen LogP) is 3.21. The van der Waals surface area contributed by atoms with Gasteiger partial charge in [0.05, 0.1) is 0 Å². The number of nitrogens with zero attached hydrogens (tertiary/aromatic N) is 1. The summed E-state index contributed by atoms with van der Waals surface area (Å²) in [5.74, 6) is 0.944. The lowest BCUT2D eigenvalue weighted by Crippen LogP contribution is -2.42. The van der Waals surface area contributed by atoms with Gasteiger partial charge in [-0.15, -0.1) is 0 Å². The molecule has 1 aromatic rings. The monoisotopic (exact) mass is 272 g/mol. The first kappa shape index (κ1) is 14.1. The van der Waals surface area contributed by atoms with E-state index in [4.69, 9.17) is 0 Å². The third kappa shape index (κ3) is 3.62. The highest BCUT2D eigenvalue weighted by Gasteiger charge is 2.32. The van der Waals surface area contributed by atoms with Crippen LogP contribution < -0.4 is 5.32 Å². The minimum Gasteiger partial charge on any atom is -0.312 e. The van der Waals surface area contributed by atoms with Crippen LogP contribution in [0.15, 0.2) is 24.3 Å². The molecular weight excluding hydrogens is 244 g/mol. The smallest absolute Gasteiger partial charge is 0.0237 e. The molecule has 2 nitrogen and oxygen atoms in total. The van der Waals surface area contributed by atoms with Crippen molar-refractivity contribution >= 4 is 0 Å². The normalized spacial score (nSPS) is 21.2. The van der Waals surface area contributed by atoms with Gasteiger partial charge in [-0.1, -0.05) is 31.2 Å². The van der Waals surface area contributed by atoms with Crippen LogP contribution in [0.1, 0.15) is 43.7 Å². The number of hydrogen-bond donors (Lipinski definition) is 1. The molecule has 0 saturated heterocycles. The average molecular weight is 272 g/mol. The molecule has 3 rings (SSSR count). The summed E-state index contributed by atoms with van der Waals surface area (Å²) in [5, 5.41) is 3.78. The van der Waals surface area contributed by atoms with E-state index in [2.05, 4.69) is 41.4 Å². The van der Waals surface area contributed by atoms with Gasteiger partial charge in [0.15, 0.2) is 0 Å². The number of rotatable bonds is 6. The molecule has 20 heavy (non-hydrogen) atoms. The third-order valence-electron chi connectivity index (χ3n) is 4.74. The first-order chi connectivity index (χ1) is 9.86. The van der Waals surface area contributed by atoms with E-state index in [1.807, 2.05) is 0 Å². The van der Waals surface area contributed by atoms with Gasteiger partial charge in [-0.25, -0.2) is 0 Å². The first-order valence-corrected chi connectivity index (χ1v) is 8.39. The molecule has 1 atom stereocenters. The summed E-state index contributed by atoms with van der Waals surface area (Å²) in [5.41, 5.74) is 3.12. The summed E-state index contributed by atoms with van der Waals surface area (Å²) in [4.78, 5) is 2.68. The summed E-state index contributed by atoms with van der Waals surface area (Å²) in [6, 6.07) is 9.73. The Kier molecular flexibility index (Phi) is 4.74. The summed E-state index contributed by atoms with van der Waals surface area (Å²) >= 11 is 0. The van der Waals surface area contributed by atoms with E-state index in [1.54, 1.807) is 11.1 Å². The molecule has 1 fully saturated rings. The van der Waals surface area contributed by atoms with Crippen LogP contribution in [0.5, 0.6) is 0 Å². The quantitative estimate of drug-likeness (QED) is 0.855. The van der Waals surface area contributed by atoms with Gasteiger partial charge in [-0.3, -0.25) is 4.90 Å². The molecule has 0 spiro atoms. The van der Waals surface area contributed by atoms with Crippen molar-refractivity contribution in [2.24, 2.45) is 5.92 Å². The molecule has 1 aliphatic heterocycles. The first-order valence-electron chi connectivity index (χ1n) is 8.39. The van der Waals surface area contributed by atoms with Crippen LogP contribution in [0.25, 0.3) is 0 Å². The van der Waals surface area contributed by atoms with E-state index < -0.39 is 0 Å². The second kappa shape index (κ2) is 6.73. The van der Waals surface area contributed by atoms with Crippen LogP contribution in [-0.2, 0) is 13.0 Å². The molecule has 1 aromatic carbocycles. The fraction of sp³-hybridized carbons (Fsp3) is 0.667. The van der Waals surface area contributed by atoms with Crippen LogP contribution in [0, 0.1) is 5.92 Å². The van der Waals surface area contributed by atoms with E-state index in [-0.39, 0.29) is 0 Å². The summed E-state index contributed by atoms with van der Waals surface area (Å²) < 4.78 is 0. The van der Waals surface area contributed by atoms with Crippen molar-refractivity contribution in [3.05, 3.63) is 35.4 Å². The van der Waals surface area contributed by atoms with Crippen molar-refractivity contribution in [3.8, 4) is 0 Å². The van der Waals surface area contributed by atoms with Gasteiger partial charge in [-0.2, -0.15) is 0 Å². The molecule has 0 aromatic heterocycles. The van der Waals surface area contributed by atoms with Gasteiger partial charge < -0.3 is 5.32 Å². The lowest BCUT2D eigenvalue weighted by atomic mass is 10.0. The largest absolute Gasteiger partial charge is 0.312 e. The zero-order valence-electron chi connectivity index (χ0n) is 12.8. The molecular formula is C18H28N2. The number of fused-ring (bicyclic) bond motifs is 1. The molecule has 2 aliphatic rings. The Bertz CT molecular complexity index is 425. The Morgan fingerprint density at radius 1 is 1.25 bits per heavy atom. The molecule has 110 valence electrons. The fourth-order valence-corrected chi connectivity index (χ4v) is 3.41. The van der Waals surface area contributed by atoms with Crippen molar-refractivity contribution in [2.75, 3.05) is 19.6 Å². The maximum atomic E-state index is 3.78. The molecule has 0 bridgehead atoms. The molecule has 1 aliphatic carbocycles. The molecule has 1 saturated carbocycles. The van der Waals surface area contributed by atoms with Crippen molar-refractivity contribution in [3.63, 3.8) is 0 Å². The van der Waals surface area contributed by atoms with E-state index in [0.717, 1.165) is 18.5 Å². The third-order valence-corrected chi connectivity index (χ3v) is 4.74. The molecule has 0 amide bonds. The van der Waals surface area contributed by atoms with Gasteiger partial charge in [0.25, 0.3) is 0 Å². The van der Waals surface area contributed by atoms with Gasteiger partial charge in [-0.05, 0) is 62.2 Å². The van der Waals surface area contributed by atoms with E-state index in [0.29, 0.717) is 0 Å². The number of benzene rings is 1. The fourth-order valence-electron chi connectivity index (χ4n) is 3.41. The van der Waals surface area contributed by atoms with Crippen LogP contribution in [-0.4, -0.2) is 30.6 Å². The molecule has 1 N–H and O–H groups in total. The zero-order valence-corrected chi connectivity index (χ0v) is 12.8. The molecule has 1 heterocycles. The van der Waals surface area contributed by atoms with Gasteiger partial charge >= 0.3 is 0 Å². The Morgan fingerprint density at radius 3 is 2.80 bits per heavy atom. The van der Waals surface area contributed by atoms with Crippen LogP contribution in [0.3, 0.4) is 0 Å². The molecule has 2 heteroatoms. The SMILES string of the molecule is CCCNC(CN1CCCc2ccccc2C1)C1CC1. The molecule has 0 radical (unpaired) electrons. The number of nitrogens with one attached hydrogen (secondary N) is 1. The Hall–Kier alpha value is -0.860. The second-order valence-corrected chi connectivity index (χ2v) is 6.51. The number of hydrogen-bond acceptors (Lipinski definition) is 2. The van der Waals surface area contributed by atoms with Crippen molar-refractivity contribution in [2.45, 2.75) is 51.6 Å². The van der Waals surface area contributed by atoms with Gasteiger partial charge in [0, 0.05) is 19.1 Å². The Morgan fingerprint density at radius 2 is 2.05 bits per heavy atom. The highest BCUT2D eigenvalue weighted by atomic mass is 15.2. The maximum Gasteiger partial charge on any atom is 0.0237 e. The van der Waals surface area contributed by atoms with Crippen LogP contribution in [0.2, 0.25) is 0 Å². The second-order valence-electron chi connectivity index (χ2n) is 6.51. The maximum absolute atomic E-state index is 3.78. The minimum absolute atomic E-state index is 0.722. The average Bonchev–Trinajstić information content (AvgIpc) is 3.29. The highest BCUT2D eigenvalue weighted by molar-refractivity contribution is 5.28. The van der Waals surface area contributed by atoms with Crippen LogP contribution in [0.4, 0.5) is 0 Å². The molecule has 1 unspecified atom stereocenters. The van der Waals surface area contributed by atoms with Crippen LogP contribution >= 0.6 is 0 Å². The topological polar surface area (TPSA) is 15.3 Å². The van der Waals surface area contributed by atoms with Gasteiger partial charge in [0.2, 0.25) is 0 Å². The number of aryl methyl sites for hydroxylation is 1. The lowest BCUT2D eigenvalue weighted by molar-refractivity contribution is 0.226. The van der Waals surface area contributed by atoms with E-state index >= 15 is 0 Å². The Labute approximate surface area is 123 Å². The Balaban J connectivity index is 1.61. The lowest BCUT2D eigenvalue weighted by Gasteiger charge is -2.27. The highest BCUT2D eigenvalue weighted by Crippen LogP contribution is 2.33. The van der Waals surface area contributed by atoms with Crippen molar-refractivity contribution in [1.82, 2.24) is 10.2 Å². The summed E-state index contributed by atoms with van der Waals surface area (Å²) in [7, 11) is 0. The van der Waals surface area contributed by atoms with E-state index in [1.165, 1.54) is 51.7 Å². The summed E-state index contributed by atoms with van der Waals surface area (Å²) in [6.45, 7) is 7.07. The standard InChI is InChI=1S/C18H28N2/c1-2-11-19-18(16-9-10-16)14-20-12-5-8-15-6-3-4-7-17(15)13-20/h3-4,6-7,16,18-19H,2,5,8-14H2,1H3. The minimum atomic E-state index is 0.722. The zero-order chi connectivity index (χ0) is 13.8. The van der Waals surface area contributed by atoms with Gasteiger partial charge in [0.1, 0.15) is 0 Å². The van der Waals surface area contributed by atoms with Crippen molar-refractivity contribution < 1.29 is 0 Å². The van der Waals surface area contributed by atoms with E-state index in [9.17, 15) is 0 Å². The predicted molar refractivity (Wildman–Crippen MR) is 84.8 cm³/mol.